The highest BCUT2D eigenvalue weighted by Crippen LogP contribution is 2.50. The Balaban J connectivity index is 1.43. The number of methoxy groups -OCH3 is 1. The molecular formula is C26H26N2O6. The fraction of sp³-hybridized carbons (Fsp3) is 0.308. The molecule has 3 aromatic rings. The maximum Gasteiger partial charge on any atom is 0.328 e. The van der Waals surface area contributed by atoms with Gasteiger partial charge in [0.1, 0.15) is 12.6 Å². The molecule has 34 heavy (non-hydrogen) atoms. The topological polar surface area (TPSA) is 104 Å². The van der Waals surface area contributed by atoms with E-state index in [0.717, 1.165) is 23.6 Å². The van der Waals surface area contributed by atoms with Gasteiger partial charge in [0.2, 0.25) is 5.75 Å². The molecule has 0 saturated heterocycles. The second-order valence-corrected chi connectivity index (χ2v) is 8.39. The average molecular weight is 463 g/mol. The van der Waals surface area contributed by atoms with Crippen molar-refractivity contribution in [3.8, 4) is 11.5 Å². The number of carbonyl (C=O) groups is 3. The molecule has 1 fully saturated rings. The summed E-state index contributed by atoms with van der Waals surface area (Å²) < 4.78 is 15.9. The minimum atomic E-state index is -0.936. The van der Waals surface area contributed by atoms with Gasteiger partial charge in [0.25, 0.3) is 5.91 Å². The number of esters is 2. The fourth-order valence-corrected chi connectivity index (χ4v) is 3.98. The molecule has 0 spiro atoms. The molecule has 0 radical (unpaired) electrons. The van der Waals surface area contributed by atoms with E-state index >= 15 is 0 Å². The van der Waals surface area contributed by atoms with Crippen LogP contribution in [0.3, 0.4) is 0 Å². The normalized spacial score (nSPS) is 14.7. The summed E-state index contributed by atoms with van der Waals surface area (Å²) in [6.07, 6.45) is 3.20. The molecule has 2 aromatic carbocycles. The molecule has 1 saturated carbocycles. The first-order chi connectivity index (χ1) is 16.3. The van der Waals surface area contributed by atoms with Crippen molar-refractivity contribution in [2.24, 2.45) is 0 Å². The van der Waals surface area contributed by atoms with Crippen molar-refractivity contribution in [2.45, 2.75) is 38.1 Å². The van der Waals surface area contributed by atoms with Gasteiger partial charge in [-0.25, -0.2) is 9.78 Å². The summed E-state index contributed by atoms with van der Waals surface area (Å²) in [5, 5.41) is 4.86. The third kappa shape index (κ3) is 4.71. The molecule has 1 aliphatic carbocycles. The number of benzene rings is 2. The van der Waals surface area contributed by atoms with E-state index in [4.69, 9.17) is 14.2 Å². The summed E-state index contributed by atoms with van der Waals surface area (Å²) in [5.41, 5.74) is 0.794. The summed E-state index contributed by atoms with van der Waals surface area (Å²) in [6.45, 7) is 2.97. The predicted octanol–water partition coefficient (Wildman–Crippen LogP) is 3.56. The second kappa shape index (κ2) is 9.51. The zero-order valence-corrected chi connectivity index (χ0v) is 19.3. The second-order valence-electron chi connectivity index (χ2n) is 8.39. The van der Waals surface area contributed by atoms with Crippen LogP contribution in [0.25, 0.3) is 10.8 Å². The highest BCUT2D eigenvalue weighted by atomic mass is 16.6. The van der Waals surface area contributed by atoms with Gasteiger partial charge < -0.3 is 19.5 Å². The van der Waals surface area contributed by atoms with Crippen LogP contribution in [-0.4, -0.2) is 42.6 Å². The maximum absolute atomic E-state index is 12.8. The van der Waals surface area contributed by atoms with Crippen molar-refractivity contribution in [3.63, 3.8) is 0 Å². The van der Waals surface area contributed by atoms with Crippen molar-refractivity contribution in [1.29, 1.82) is 0 Å². The molecule has 1 N–H and O–H groups in total. The summed E-state index contributed by atoms with van der Waals surface area (Å²) in [4.78, 5) is 40.9. The standard InChI is InChI=1S/C26H26N2O6/c1-16(28-24(30)22-23(34-17(2)29)21(32-3)11-14-27-22)25(31)33-15-26(12-13-26)20-10-6-8-18-7-4-5-9-19(18)20/h4-11,14,16H,12-13,15H2,1-3H3,(H,28,30). The van der Waals surface area contributed by atoms with Crippen LogP contribution in [0.1, 0.15) is 42.7 Å². The van der Waals surface area contributed by atoms with Gasteiger partial charge in [0.15, 0.2) is 11.4 Å². The predicted molar refractivity (Wildman–Crippen MR) is 125 cm³/mol. The van der Waals surface area contributed by atoms with Crippen LogP contribution in [0.4, 0.5) is 0 Å². The molecule has 0 aliphatic heterocycles. The van der Waals surface area contributed by atoms with E-state index in [0.29, 0.717) is 0 Å². The van der Waals surface area contributed by atoms with Gasteiger partial charge in [-0.2, -0.15) is 0 Å². The number of fused-ring (bicyclic) bond motifs is 1. The lowest BCUT2D eigenvalue weighted by Gasteiger charge is -2.20. The molecule has 8 heteroatoms. The third-order valence-corrected chi connectivity index (χ3v) is 5.96. The van der Waals surface area contributed by atoms with Gasteiger partial charge in [0.05, 0.1) is 7.11 Å². The number of rotatable bonds is 8. The number of pyridine rings is 1. The maximum atomic E-state index is 12.8. The van der Waals surface area contributed by atoms with Gasteiger partial charge in [-0.05, 0) is 36.1 Å². The van der Waals surface area contributed by atoms with Crippen LogP contribution in [0.15, 0.2) is 54.7 Å². The van der Waals surface area contributed by atoms with Gasteiger partial charge in [0, 0.05) is 24.6 Å². The van der Waals surface area contributed by atoms with Crippen LogP contribution in [-0.2, 0) is 19.7 Å². The van der Waals surface area contributed by atoms with Crippen LogP contribution in [0, 0.1) is 0 Å². The van der Waals surface area contributed by atoms with Gasteiger partial charge in [-0.1, -0.05) is 42.5 Å². The molecule has 8 nitrogen and oxygen atoms in total. The molecule has 1 unspecified atom stereocenters. The highest BCUT2D eigenvalue weighted by molar-refractivity contribution is 5.98. The zero-order chi connectivity index (χ0) is 24.3. The van der Waals surface area contributed by atoms with E-state index < -0.39 is 23.9 Å². The number of nitrogens with one attached hydrogen (secondary N) is 1. The Morgan fingerprint density at radius 2 is 1.82 bits per heavy atom. The lowest BCUT2D eigenvalue weighted by atomic mass is 9.91. The lowest BCUT2D eigenvalue weighted by molar-refractivity contribution is -0.146. The quantitative estimate of drug-likeness (QED) is 0.511. The first-order valence-electron chi connectivity index (χ1n) is 11.0. The number of hydrogen-bond donors (Lipinski definition) is 1. The number of nitrogens with zero attached hydrogens (tertiary/aromatic N) is 1. The Morgan fingerprint density at radius 1 is 1.09 bits per heavy atom. The zero-order valence-electron chi connectivity index (χ0n) is 19.3. The molecule has 0 bridgehead atoms. The van der Waals surface area contributed by atoms with E-state index in [1.165, 1.54) is 38.8 Å². The largest absolute Gasteiger partial charge is 0.493 e. The molecule has 1 aromatic heterocycles. The number of carbonyl (C=O) groups excluding carboxylic acids is 3. The highest BCUT2D eigenvalue weighted by Gasteiger charge is 2.46. The Morgan fingerprint density at radius 3 is 2.53 bits per heavy atom. The Hall–Kier alpha value is -3.94. The molecule has 4 rings (SSSR count). The third-order valence-electron chi connectivity index (χ3n) is 5.96. The van der Waals surface area contributed by atoms with E-state index in [1.54, 1.807) is 0 Å². The minimum Gasteiger partial charge on any atom is -0.493 e. The molecular weight excluding hydrogens is 436 g/mol. The Labute approximate surface area is 197 Å². The van der Waals surface area contributed by atoms with Crippen LogP contribution in [0.5, 0.6) is 11.5 Å². The molecule has 1 amide bonds. The Bertz CT molecular complexity index is 1250. The monoisotopic (exact) mass is 462 g/mol. The van der Waals surface area contributed by atoms with Gasteiger partial charge in [-0.15, -0.1) is 0 Å². The van der Waals surface area contributed by atoms with Crippen LogP contribution < -0.4 is 14.8 Å². The minimum absolute atomic E-state index is 0.108. The molecule has 1 atom stereocenters. The van der Waals surface area contributed by atoms with Crippen molar-refractivity contribution in [3.05, 3.63) is 66.0 Å². The van der Waals surface area contributed by atoms with E-state index in [9.17, 15) is 14.4 Å². The van der Waals surface area contributed by atoms with Crippen LogP contribution >= 0.6 is 0 Å². The summed E-state index contributed by atoms with van der Waals surface area (Å²) in [5.74, 6) is -1.80. The van der Waals surface area contributed by atoms with Crippen molar-refractivity contribution in [2.75, 3.05) is 13.7 Å². The number of hydrogen-bond acceptors (Lipinski definition) is 7. The molecule has 1 aliphatic rings. The number of amides is 1. The van der Waals surface area contributed by atoms with Gasteiger partial charge >= 0.3 is 11.9 Å². The average Bonchev–Trinajstić information content (AvgIpc) is 3.62. The van der Waals surface area contributed by atoms with E-state index in [2.05, 4.69) is 34.6 Å². The summed E-state index contributed by atoms with van der Waals surface area (Å²) >= 11 is 0. The molecule has 1 heterocycles. The number of ether oxygens (including phenoxy) is 3. The van der Waals surface area contributed by atoms with Gasteiger partial charge in [-0.3, -0.25) is 9.59 Å². The van der Waals surface area contributed by atoms with Crippen molar-refractivity contribution >= 4 is 28.6 Å². The number of aromatic nitrogens is 1. The summed E-state index contributed by atoms with van der Waals surface area (Å²) in [7, 11) is 1.38. The van der Waals surface area contributed by atoms with E-state index in [-0.39, 0.29) is 29.2 Å². The molecule has 176 valence electrons. The lowest BCUT2D eigenvalue weighted by Crippen LogP contribution is -2.41. The first kappa shape index (κ1) is 23.2. The van der Waals surface area contributed by atoms with E-state index in [1.807, 2.05) is 18.2 Å². The van der Waals surface area contributed by atoms with Crippen molar-refractivity contribution in [1.82, 2.24) is 10.3 Å². The smallest absolute Gasteiger partial charge is 0.328 e. The summed E-state index contributed by atoms with van der Waals surface area (Å²) in [6, 6.07) is 14.8. The first-order valence-corrected chi connectivity index (χ1v) is 11.0. The SMILES string of the molecule is COc1ccnc(C(=O)NC(C)C(=O)OCC2(c3cccc4ccccc34)CC2)c1OC(C)=O. The fourth-order valence-electron chi connectivity index (χ4n) is 3.98. The van der Waals surface area contributed by atoms with Crippen LogP contribution in [0.2, 0.25) is 0 Å². The Kier molecular flexibility index (Phi) is 6.49. The van der Waals surface area contributed by atoms with Crippen molar-refractivity contribution < 1.29 is 28.6 Å².